The van der Waals surface area contributed by atoms with Crippen LogP contribution in [0.2, 0.25) is 0 Å². The third-order valence-electron chi connectivity index (χ3n) is 4.26. The summed E-state index contributed by atoms with van der Waals surface area (Å²) in [5.41, 5.74) is 1.16. The number of nitrogens with one attached hydrogen (secondary N) is 2. The van der Waals surface area contributed by atoms with E-state index >= 15 is 0 Å². The van der Waals surface area contributed by atoms with Crippen molar-refractivity contribution in [3.63, 3.8) is 0 Å². The molecule has 1 saturated carbocycles. The molecule has 7 nitrogen and oxygen atoms in total. The van der Waals surface area contributed by atoms with E-state index in [4.69, 9.17) is 0 Å². The molecule has 1 aliphatic rings. The SMILES string of the molecule is Cc1cncn1CCCCN/C(=C/[N+](=O)[O-])NC1CCCCC1. The van der Waals surface area contributed by atoms with E-state index in [-0.39, 0.29) is 0 Å². The molecular weight excluding hydrogens is 294 g/mol. The van der Waals surface area contributed by atoms with Gasteiger partial charge >= 0.3 is 0 Å². The van der Waals surface area contributed by atoms with Gasteiger partial charge in [0.05, 0.1) is 11.3 Å². The van der Waals surface area contributed by atoms with Crippen LogP contribution in [0.1, 0.15) is 50.6 Å². The van der Waals surface area contributed by atoms with Crippen LogP contribution in [0.3, 0.4) is 0 Å². The fourth-order valence-electron chi connectivity index (χ4n) is 2.96. The van der Waals surface area contributed by atoms with Gasteiger partial charge in [-0.15, -0.1) is 0 Å². The van der Waals surface area contributed by atoms with Gasteiger partial charge in [-0.05, 0) is 32.6 Å². The second-order valence-electron chi connectivity index (χ2n) is 6.17. The molecule has 1 aliphatic carbocycles. The lowest BCUT2D eigenvalue weighted by molar-refractivity contribution is -0.404. The largest absolute Gasteiger partial charge is 0.367 e. The Morgan fingerprint density at radius 2 is 2.22 bits per heavy atom. The minimum atomic E-state index is -0.396. The van der Waals surface area contributed by atoms with E-state index in [1.807, 2.05) is 19.4 Å². The van der Waals surface area contributed by atoms with E-state index in [2.05, 4.69) is 20.2 Å². The number of unbranched alkanes of at least 4 members (excludes halogenated alkanes) is 1. The monoisotopic (exact) mass is 321 g/mol. The highest BCUT2D eigenvalue weighted by Gasteiger charge is 2.15. The normalized spacial score (nSPS) is 16.3. The van der Waals surface area contributed by atoms with E-state index in [1.165, 1.54) is 19.3 Å². The van der Waals surface area contributed by atoms with Gasteiger partial charge in [0, 0.05) is 31.0 Å². The van der Waals surface area contributed by atoms with Crippen LogP contribution in [0.5, 0.6) is 0 Å². The highest BCUT2D eigenvalue weighted by Crippen LogP contribution is 2.18. The molecule has 0 unspecified atom stereocenters. The van der Waals surface area contributed by atoms with Gasteiger partial charge in [-0.2, -0.15) is 0 Å². The molecule has 0 aliphatic heterocycles. The van der Waals surface area contributed by atoms with Gasteiger partial charge in [-0.1, -0.05) is 19.3 Å². The second-order valence-corrected chi connectivity index (χ2v) is 6.17. The molecule has 1 aromatic rings. The van der Waals surface area contributed by atoms with Crippen molar-refractivity contribution in [1.82, 2.24) is 20.2 Å². The Bertz CT molecular complexity index is 520. The van der Waals surface area contributed by atoms with Crippen LogP contribution in [-0.2, 0) is 6.54 Å². The predicted octanol–water partition coefficient (Wildman–Crippen LogP) is 2.56. The molecule has 0 amide bonds. The van der Waals surface area contributed by atoms with E-state index in [9.17, 15) is 10.1 Å². The summed E-state index contributed by atoms with van der Waals surface area (Å²) in [6.45, 7) is 3.70. The van der Waals surface area contributed by atoms with Crippen molar-refractivity contribution in [1.29, 1.82) is 0 Å². The minimum absolute atomic E-state index is 0.357. The van der Waals surface area contributed by atoms with Gasteiger partial charge in [0.1, 0.15) is 0 Å². The number of nitrogens with zero attached hydrogens (tertiary/aromatic N) is 3. The van der Waals surface area contributed by atoms with Crippen LogP contribution in [0.15, 0.2) is 24.5 Å². The zero-order valence-corrected chi connectivity index (χ0v) is 13.8. The zero-order chi connectivity index (χ0) is 16.5. The summed E-state index contributed by atoms with van der Waals surface area (Å²) < 4.78 is 2.12. The summed E-state index contributed by atoms with van der Waals surface area (Å²) in [6, 6.07) is 0.357. The number of aromatic nitrogens is 2. The van der Waals surface area contributed by atoms with E-state index in [0.717, 1.165) is 50.7 Å². The molecular formula is C16H27N5O2. The molecule has 128 valence electrons. The van der Waals surface area contributed by atoms with Gasteiger partial charge in [0.2, 0.25) is 0 Å². The van der Waals surface area contributed by atoms with Crippen molar-refractivity contribution in [2.45, 2.75) is 64.5 Å². The average molecular weight is 321 g/mol. The number of hydrogen-bond acceptors (Lipinski definition) is 5. The Labute approximate surface area is 137 Å². The van der Waals surface area contributed by atoms with Crippen molar-refractivity contribution >= 4 is 0 Å². The lowest BCUT2D eigenvalue weighted by Crippen LogP contribution is -2.37. The van der Waals surface area contributed by atoms with Crippen LogP contribution >= 0.6 is 0 Å². The smallest absolute Gasteiger partial charge is 0.274 e. The highest BCUT2D eigenvalue weighted by molar-refractivity contribution is 4.96. The van der Waals surface area contributed by atoms with E-state index < -0.39 is 4.92 Å². The number of rotatable bonds is 9. The van der Waals surface area contributed by atoms with Gasteiger partial charge in [-0.3, -0.25) is 10.1 Å². The third kappa shape index (κ3) is 6.30. The maximum atomic E-state index is 10.8. The van der Waals surface area contributed by atoms with Gasteiger partial charge in [0.25, 0.3) is 6.20 Å². The summed E-state index contributed by atoms with van der Waals surface area (Å²) in [7, 11) is 0. The lowest BCUT2D eigenvalue weighted by atomic mass is 9.95. The van der Waals surface area contributed by atoms with Gasteiger partial charge in [0.15, 0.2) is 5.82 Å². The molecule has 2 N–H and O–H groups in total. The maximum Gasteiger partial charge on any atom is 0.274 e. The topological polar surface area (TPSA) is 85.0 Å². The van der Waals surface area contributed by atoms with E-state index in [0.29, 0.717) is 11.9 Å². The molecule has 7 heteroatoms. The molecule has 23 heavy (non-hydrogen) atoms. The first-order chi connectivity index (χ1) is 11.1. The standard InChI is InChI=1S/C16H27N5O2/c1-14-11-17-13-20(14)10-6-5-9-18-16(12-21(22)23)19-15-7-3-2-4-8-15/h11-13,15,18-19H,2-10H2,1H3/b16-12-. The molecule has 1 heterocycles. The van der Waals surface area contributed by atoms with Crippen molar-refractivity contribution in [2.24, 2.45) is 0 Å². The first-order valence-electron chi connectivity index (χ1n) is 8.47. The van der Waals surface area contributed by atoms with Crippen LogP contribution in [0.25, 0.3) is 0 Å². The van der Waals surface area contributed by atoms with Crippen molar-refractivity contribution in [2.75, 3.05) is 6.54 Å². The summed E-state index contributed by atoms with van der Waals surface area (Å²) in [4.78, 5) is 14.5. The summed E-state index contributed by atoms with van der Waals surface area (Å²) in [5, 5.41) is 17.2. The first kappa shape index (κ1) is 17.3. The first-order valence-corrected chi connectivity index (χ1v) is 8.47. The Kier molecular flexibility index (Phi) is 6.90. The Balaban J connectivity index is 1.70. The number of aryl methyl sites for hydroxylation is 2. The maximum absolute atomic E-state index is 10.8. The fourth-order valence-corrected chi connectivity index (χ4v) is 2.96. The number of hydrogen-bond donors (Lipinski definition) is 2. The van der Waals surface area contributed by atoms with Crippen LogP contribution in [0.4, 0.5) is 0 Å². The summed E-state index contributed by atoms with van der Waals surface area (Å²) in [6.07, 6.45) is 12.6. The molecule has 1 aromatic heterocycles. The highest BCUT2D eigenvalue weighted by atomic mass is 16.6. The quantitative estimate of drug-likeness (QED) is 0.415. The van der Waals surface area contributed by atoms with Crippen molar-refractivity contribution in [3.8, 4) is 0 Å². The molecule has 1 fully saturated rings. The summed E-state index contributed by atoms with van der Waals surface area (Å²) >= 11 is 0. The molecule has 0 atom stereocenters. The molecule has 2 rings (SSSR count). The minimum Gasteiger partial charge on any atom is -0.367 e. The van der Waals surface area contributed by atoms with Crippen molar-refractivity contribution in [3.05, 3.63) is 40.4 Å². The van der Waals surface area contributed by atoms with Gasteiger partial charge in [-0.25, -0.2) is 4.98 Å². The Morgan fingerprint density at radius 1 is 1.43 bits per heavy atom. The number of imidazole rings is 1. The zero-order valence-electron chi connectivity index (χ0n) is 13.8. The molecule has 0 spiro atoms. The fraction of sp³-hybridized carbons (Fsp3) is 0.688. The molecule has 0 radical (unpaired) electrons. The van der Waals surface area contributed by atoms with Gasteiger partial charge < -0.3 is 15.2 Å². The number of nitro groups is 1. The Morgan fingerprint density at radius 3 is 2.87 bits per heavy atom. The van der Waals surface area contributed by atoms with Crippen LogP contribution in [0, 0.1) is 17.0 Å². The second kappa shape index (κ2) is 9.17. The Hall–Kier alpha value is -2.05. The van der Waals surface area contributed by atoms with E-state index in [1.54, 1.807) is 0 Å². The van der Waals surface area contributed by atoms with Crippen LogP contribution in [-0.4, -0.2) is 27.1 Å². The predicted molar refractivity (Wildman–Crippen MR) is 89.3 cm³/mol. The third-order valence-corrected chi connectivity index (χ3v) is 4.26. The molecule has 0 saturated heterocycles. The van der Waals surface area contributed by atoms with Crippen molar-refractivity contribution < 1.29 is 4.92 Å². The summed E-state index contributed by atoms with van der Waals surface area (Å²) in [5.74, 6) is 0.542. The van der Waals surface area contributed by atoms with Crippen LogP contribution < -0.4 is 10.6 Å². The average Bonchev–Trinajstić information content (AvgIpc) is 2.92. The molecule has 0 aromatic carbocycles. The molecule has 0 bridgehead atoms. The lowest BCUT2D eigenvalue weighted by Gasteiger charge is -2.24.